The fourth-order valence-corrected chi connectivity index (χ4v) is 0. The Morgan fingerprint density at radius 1 is 0.625 bits per heavy atom. The van der Waals surface area contributed by atoms with Crippen molar-refractivity contribution in [2.45, 2.75) is 0 Å². The summed E-state index contributed by atoms with van der Waals surface area (Å²) in [5, 5.41) is 0. The fraction of sp³-hybridized carbons (Fsp3) is 0. The second-order valence-electron chi connectivity index (χ2n) is 0. The first-order valence-electron chi connectivity index (χ1n) is 1.24. The summed E-state index contributed by atoms with van der Waals surface area (Å²) in [6.07, 6.45) is 16.0. The van der Waals surface area contributed by atoms with Crippen molar-refractivity contribution in [2.75, 3.05) is 0 Å². The summed E-state index contributed by atoms with van der Waals surface area (Å²) in [5.74, 6) is 0. The van der Waals surface area contributed by atoms with Crippen LogP contribution in [0.15, 0.2) is 0 Å². The summed E-state index contributed by atoms with van der Waals surface area (Å²) < 4.78 is 0. The summed E-state index contributed by atoms with van der Waals surface area (Å²) in [4.78, 5) is 16.0. The molecule has 0 rings (SSSR count). The van der Waals surface area contributed by atoms with Crippen molar-refractivity contribution < 1.29 is 9.59 Å². The maximum absolute atomic E-state index is 8.00. The van der Waals surface area contributed by atoms with Gasteiger partial charge >= 0.3 is 0 Å². The van der Waals surface area contributed by atoms with Crippen molar-refractivity contribution in [3.63, 3.8) is 0 Å². The first kappa shape index (κ1) is 31.8. The van der Waals surface area contributed by atoms with Crippen molar-refractivity contribution in [3.05, 3.63) is 0 Å². The van der Waals surface area contributed by atoms with Crippen molar-refractivity contribution in [2.24, 2.45) is 0 Å². The Bertz CT molecular complexity index is 37.0. The number of carbonyl (C=O) groups excluding carboxylic acids is 2. The molecule has 0 aliphatic carbocycles. The molecule has 0 aromatic rings. The second-order valence-corrected chi connectivity index (χ2v) is 0. The summed E-state index contributed by atoms with van der Waals surface area (Å²) in [5.41, 5.74) is 0. The van der Waals surface area contributed by atoms with Gasteiger partial charge in [-0.3, -0.25) is 0 Å². The largest absolute Gasteiger partial charge is 0.307 e. The van der Waals surface area contributed by atoms with Crippen LogP contribution in [-0.2, 0) is 9.59 Å². The molecule has 0 spiro atoms. The third-order valence-electron chi connectivity index (χ3n) is 0. The van der Waals surface area contributed by atoms with Crippen LogP contribution >= 0.6 is 0 Å². The standard InChI is InChI=1S/2C2H2.2CH2O/c4*1-2/h2*1-2H;2*1H2. The van der Waals surface area contributed by atoms with Crippen molar-refractivity contribution in [3.8, 4) is 25.7 Å². The maximum Gasteiger partial charge on any atom is 0.106 e. The average molecular weight is 112 g/mol. The van der Waals surface area contributed by atoms with Gasteiger partial charge in [0, 0.05) is 0 Å². The predicted molar refractivity (Wildman–Crippen MR) is 34.0 cm³/mol. The minimum absolute atomic E-state index is 2.00. The highest BCUT2D eigenvalue weighted by Crippen LogP contribution is 0.581. The molecule has 0 heterocycles. The molecule has 0 atom stereocenters. The van der Waals surface area contributed by atoms with Crippen molar-refractivity contribution >= 4 is 13.6 Å². The highest BCUT2D eigenvalue weighted by atomic mass is 16.1. The van der Waals surface area contributed by atoms with Crippen LogP contribution in [-0.4, -0.2) is 13.6 Å². The van der Waals surface area contributed by atoms with Gasteiger partial charge in [-0.05, 0) is 0 Å². The van der Waals surface area contributed by atoms with E-state index < -0.39 is 0 Å². The van der Waals surface area contributed by atoms with E-state index in [-0.39, 0.29) is 0 Å². The van der Waals surface area contributed by atoms with E-state index in [4.69, 9.17) is 9.59 Å². The molecule has 0 amide bonds. The molecule has 0 saturated carbocycles. The Balaban J connectivity index is -0.0000000133. The highest BCUT2D eigenvalue weighted by Gasteiger charge is 0.638. The van der Waals surface area contributed by atoms with Crippen LogP contribution in [0, 0.1) is 25.7 Å². The minimum atomic E-state index is 2.00. The lowest BCUT2D eigenvalue weighted by molar-refractivity contribution is -0.0987. The predicted octanol–water partition coefficient (Wildman–Crippen LogP) is 0.129. The lowest BCUT2D eigenvalue weighted by Gasteiger charge is -0.837. The van der Waals surface area contributed by atoms with Gasteiger partial charge in [0.05, 0.1) is 0 Å². The maximum atomic E-state index is 8.00. The van der Waals surface area contributed by atoms with Gasteiger partial charge in [0.25, 0.3) is 0 Å². The Morgan fingerprint density at radius 3 is 0.625 bits per heavy atom. The lowest BCUT2D eigenvalue weighted by atomic mass is 11.4. The van der Waals surface area contributed by atoms with E-state index >= 15 is 0 Å². The van der Waals surface area contributed by atoms with Gasteiger partial charge < -0.3 is 9.59 Å². The van der Waals surface area contributed by atoms with E-state index in [9.17, 15) is 0 Å². The first-order chi connectivity index (χ1) is 4.00. The van der Waals surface area contributed by atoms with Gasteiger partial charge in [-0.15, -0.1) is 25.7 Å². The molecule has 44 valence electrons. The van der Waals surface area contributed by atoms with Crippen molar-refractivity contribution in [1.29, 1.82) is 0 Å². The smallest absolute Gasteiger partial charge is 0.106 e. The van der Waals surface area contributed by atoms with Crippen molar-refractivity contribution in [1.82, 2.24) is 0 Å². The number of rotatable bonds is 0. The lowest BCUT2D eigenvalue weighted by Crippen LogP contribution is -0.925. The molecule has 0 aromatic carbocycles. The molecule has 2 heteroatoms. The SMILES string of the molecule is C#C.C#C.C=O.C=O. The third kappa shape index (κ3) is 22.5. The molecule has 8 heavy (non-hydrogen) atoms. The zero-order valence-corrected chi connectivity index (χ0v) is 4.54. The third-order valence-corrected chi connectivity index (χ3v) is 0. The average Bonchev–Trinajstić information content (AvgIpc) is 2.03. The Hall–Kier alpha value is -1.54. The van der Waals surface area contributed by atoms with E-state index in [0.29, 0.717) is 0 Å². The molecule has 0 radical (unpaired) electrons. The van der Waals surface area contributed by atoms with Crippen LogP contribution in [0.4, 0.5) is 0 Å². The highest BCUT2D eigenvalue weighted by molar-refractivity contribution is 5.11. The molecule has 2 nitrogen and oxygen atoms in total. The quantitative estimate of drug-likeness (QED) is 0.417. The number of hydrogen-bond acceptors (Lipinski definition) is 2. The molecule has 0 aliphatic heterocycles. The Kier molecular flexibility index (Phi) is 182. The van der Waals surface area contributed by atoms with E-state index in [0.717, 1.165) is 0 Å². The van der Waals surface area contributed by atoms with Crippen LogP contribution in [0.5, 0.6) is 0 Å². The zero-order chi connectivity index (χ0) is 8.00. The van der Waals surface area contributed by atoms with Gasteiger partial charge in [0.2, 0.25) is 0 Å². The molecule has 0 saturated heterocycles. The molecule has 0 unspecified atom stereocenters. The van der Waals surface area contributed by atoms with E-state index in [1.807, 2.05) is 13.6 Å². The molecule has 0 aliphatic rings. The van der Waals surface area contributed by atoms with Crippen LogP contribution in [0.2, 0.25) is 0 Å². The number of carbonyl (C=O) groups is 2. The Labute approximate surface area is 49.9 Å². The summed E-state index contributed by atoms with van der Waals surface area (Å²) in [7, 11) is 0. The van der Waals surface area contributed by atoms with E-state index in [1.54, 1.807) is 0 Å². The van der Waals surface area contributed by atoms with Crippen LogP contribution in [0.1, 0.15) is 0 Å². The zero-order valence-electron chi connectivity index (χ0n) is 4.54. The molecule has 0 aromatic heterocycles. The molecule has 0 bridgehead atoms. The molecular weight excluding hydrogens is 104 g/mol. The van der Waals surface area contributed by atoms with Gasteiger partial charge in [-0.2, -0.15) is 0 Å². The number of terminal acetylenes is 2. The van der Waals surface area contributed by atoms with Gasteiger partial charge in [0.15, 0.2) is 0 Å². The van der Waals surface area contributed by atoms with Gasteiger partial charge in [-0.1, -0.05) is 0 Å². The summed E-state index contributed by atoms with van der Waals surface area (Å²) >= 11 is 0. The van der Waals surface area contributed by atoms with Gasteiger partial charge in [-0.25, -0.2) is 0 Å². The van der Waals surface area contributed by atoms with E-state index in [2.05, 4.69) is 25.7 Å². The normalized spacial score (nSPS) is 1.50. The second kappa shape index (κ2) is 45.8. The van der Waals surface area contributed by atoms with Crippen LogP contribution in [0.25, 0.3) is 0 Å². The van der Waals surface area contributed by atoms with Crippen LogP contribution in [0.3, 0.4) is 0 Å². The molecule has 0 N–H and O–H groups in total. The summed E-state index contributed by atoms with van der Waals surface area (Å²) in [6, 6.07) is 0. The minimum Gasteiger partial charge on any atom is -0.307 e. The Morgan fingerprint density at radius 2 is 0.625 bits per heavy atom. The van der Waals surface area contributed by atoms with Crippen LogP contribution < -0.4 is 0 Å². The topological polar surface area (TPSA) is 34.1 Å². The fourth-order valence-electron chi connectivity index (χ4n) is 0. The monoisotopic (exact) mass is 112 g/mol. The van der Waals surface area contributed by atoms with Gasteiger partial charge in [0.1, 0.15) is 13.6 Å². The first-order valence-corrected chi connectivity index (χ1v) is 1.24. The van der Waals surface area contributed by atoms with E-state index in [1.165, 1.54) is 0 Å². The summed E-state index contributed by atoms with van der Waals surface area (Å²) in [6.45, 7) is 4.00. The molecule has 0 fully saturated rings. The number of hydrogen-bond donors (Lipinski definition) is 0. The molecular formula is C6H8O2.